The number of aromatic nitrogens is 4. The maximum Gasteiger partial charge on any atom is 0.341 e. The van der Waals surface area contributed by atoms with Crippen molar-refractivity contribution in [3.63, 3.8) is 0 Å². The van der Waals surface area contributed by atoms with Gasteiger partial charge < -0.3 is 29.3 Å². The van der Waals surface area contributed by atoms with Crippen LogP contribution in [0.2, 0.25) is 0 Å². The van der Waals surface area contributed by atoms with Gasteiger partial charge in [0.1, 0.15) is 24.0 Å². The average Bonchev–Trinajstić information content (AvgIpc) is 3.57. The van der Waals surface area contributed by atoms with Gasteiger partial charge in [-0.2, -0.15) is 4.68 Å². The summed E-state index contributed by atoms with van der Waals surface area (Å²) in [4.78, 5) is 16.8. The number of benzene rings is 2. The summed E-state index contributed by atoms with van der Waals surface area (Å²) in [6, 6.07) is 14.8. The number of hydrogen-bond donors (Lipinski definition) is 1. The third-order valence-electron chi connectivity index (χ3n) is 6.31. The molecule has 2 aliphatic rings. The van der Waals surface area contributed by atoms with Crippen molar-refractivity contribution in [2.45, 2.75) is 24.3 Å². The van der Waals surface area contributed by atoms with E-state index < -0.39 is 0 Å². The summed E-state index contributed by atoms with van der Waals surface area (Å²) in [7, 11) is 7.84. The normalized spacial score (nSPS) is 23.1. The highest BCUT2D eigenvalue weighted by Gasteiger charge is 2.50. The summed E-state index contributed by atoms with van der Waals surface area (Å²) in [5.74, 6) is 0.462. The standard InChI is InChI=1S/C24H29N7O4/c1-29(2)16-10-8-15(9-11-16)23(32)25-19-13-33-22-20(14-34-21(19)22)31-24(26-27-28-31)35-18-7-5-6-17(12-18)30(3)4/h5-12,19-22H,13-14H2,1-4H3,(H,25,32). The first-order valence-electron chi connectivity index (χ1n) is 11.5. The molecule has 0 spiro atoms. The Balaban J connectivity index is 1.25. The van der Waals surface area contributed by atoms with E-state index in [4.69, 9.17) is 14.2 Å². The molecule has 4 atom stereocenters. The summed E-state index contributed by atoms with van der Waals surface area (Å²) < 4.78 is 19.7. The van der Waals surface area contributed by atoms with Gasteiger partial charge in [0.15, 0.2) is 0 Å². The van der Waals surface area contributed by atoms with E-state index in [-0.39, 0.29) is 36.2 Å². The molecule has 1 N–H and O–H groups in total. The fourth-order valence-corrected chi connectivity index (χ4v) is 4.37. The fraction of sp³-hybridized carbons (Fsp3) is 0.417. The Bertz CT molecular complexity index is 1180. The molecular weight excluding hydrogens is 450 g/mol. The van der Waals surface area contributed by atoms with E-state index in [9.17, 15) is 4.79 Å². The fourth-order valence-electron chi connectivity index (χ4n) is 4.37. The quantitative estimate of drug-likeness (QED) is 0.542. The number of carbonyl (C=O) groups is 1. The first-order valence-corrected chi connectivity index (χ1v) is 11.5. The zero-order valence-electron chi connectivity index (χ0n) is 20.2. The number of carbonyl (C=O) groups excluding carboxylic acids is 1. The predicted molar refractivity (Wildman–Crippen MR) is 129 cm³/mol. The lowest BCUT2D eigenvalue weighted by atomic mass is 10.1. The van der Waals surface area contributed by atoms with Crippen LogP contribution in [0.5, 0.6) is 11.8 Å². The first kappa shape index (κ1) is 23.1. The first-order chi connectivity index (χ1) is 16.9. The highest BCUT2D eigenvalue weighted by Crippen LogP contribution is 2.36. The third kappa shape index (κ3) is 4.64. The molecule has 11 nitrogen and oxygen atoms in total. The number of tetrazole rings is 1. The van der Waals surface area contributed by atoms with Crippen LogP contribution >= 0.6 is 0 Å². The molecule has 35 heavy (non-hydrogen) atoms. The van der Waals surface area contributed by atoms with Crippen LogP contribution in [0, 0.1) is 0 Å². The van der Waals surface area contributed by atoms with Gasteiger partial charge in [-0.1, -0.05) is 11.2 Å². The summed E-state index contributed by atoms with van der Waals surface area (Å²) >= 11 is 0. The molecule has 2 aliphatic heterocycles. The molecule has 1 amide bonds. The predicted octanol–water partition coefficient (Wildman–Crippen LogP) is 1.73. The van der Waals surface area contributed by atoms with Crippen molar-refractivity contribution in [1.29, 1.82) is 0 Å². The van der Waals surface area contributed by atoms with Gasteiger partial charge in [0, 0.05) is 51.2 Å². The minimum Gasteiger partial charge on any atom is -0.423 e. The van der Waals surface area contributed by atoms with Gasteiger partial charge in [-0.3, -0.25) is 4.79 Å². The molecule has 3 aromatic rings. The second kappa shape index (κ2) is 9.51. The zero-order valence-corrected chi connectivity index (χ0v) is 20.2. The lowest BCUT2D eigenvalue weighted by Crippen LogP contribution is -2.44. The second-order valence-electron chi connectivity index (χ2n) is 9.08. The largest absolute Gasteiger partial charge is 0.423 e. The maximum atomic E-state index is 12.8. The SMILES string of the molecule is CN(C)c1ccc(C(=O)NC2COC3C2OCC3n2nnnc2Oc2cccc(N(C)C)c2)cc1. The molecule has 0 radical (unpaired) electrons. The van der Waals surface area contributed by atoms with Crippen molar-refractivity contribution in [2.75, 3.05) is 51.2 Å². The van der Waals surface area contributed by atoms with Gasteiger partial charge in [0.2, 0.25) is 0 Å². The number of rotatable bonds is 7. The van der Waals surface area contributed by atoms with Gasteiger partial charge in [-0.25, -0.2) is 0 Å². The smallest absolute Gasteiger partial charge is 0.341 e. The van der Waals surface area contributed by atoms with Crippen LogP contribution in [-0.2, 0) is 9.47 Å². The molecule has 184 valence electrons. The second-order valence-corrected chi connectivity index (χ2v) is 9.08. The number of nitrogens with one attached hydrogen (secondary N) is 1. The summed E-state index contributed by atoms with van der Waals surface area (Å²) in [6.07, 6.45) is -0.616. The molecular formula is C24H29N7O4. The van der Waals surface area contributed by atoms with Crippen LogP contribution in [0.1, 0.15) is 16.4 Å². The Kier molecular flexibility index (Phi) is 6.27. The topological polar surface area (TPSA) is 107 Å². The van der Waals surface area contributed by atoms with E-state index in [0.717, 1.165) is 11.4 Å². The number of amides is 1. The number of nitrogens with zero attached hydrogens (tertiary/aromatic N) is 6. The van der Waals surface area contributed by atoms with Crippen molar-refractivity contribution in [1.82, 2.24) is 25.5 Å². The molecule has 5 rings (SSSR count). The van der Waals surface area contributed by atoms with E-state index in [1.807, 2.05) is 86.5 Å². The van der Waals surface area contributed by atoms with Crippen LogP contribution in [0.4, 0.5) is 11.4 Å². The molecule has 0 bridgehead atoms. The summed E-state index contributed by atoms with van der Waals surface area (Å²) in [5, 5.41) is 15.0. The molecule has 11 heteroatoms. The van der Waals surface area contributed by atoms with E-state index in [0.29, 0.717) is 24.5 Å². The third-order valence-corrected chi connectivity index (χ3v) is 6.31. The molecule has 1 aromatic heterocycles. The van der Waals surface area contributed by atoms with Crippen molar-refractivity contribution < 1.29 is 19.0 Å². The van der Waals surface area contributed by atoms with Crippen molar-refractivity contribution >= 4 is 17.3 Å². The van der Waals surface area contributed by atoms with Gasteiger partial charge in [0.25, 0.3) is 5.91 Å². The molecule has 4 unspecified atom stereocenters. The lowest BCUT2D eigenvalue weighted by molar-refractivity contribution is 0.0606. The molecule has 0 aliphatic carbocycles. The van der Waals surface area contributed by atoms with Gasteiger partial charge in [0.05, 0.1) is 19.3 Å². The van der Waals surface area contributed by atoms with Crippen LogP contribution in [0.15, 0.2) is 48.5 Å². The molecule has 2 aromatic carbocycles. The van der Waals surface area contributed by atoms with E-state index in [1.54, 1.807) is 4.68 Å². The Morgan fingerprint density at radius 3 is 2.49 bits per heavy atom. The molecule has 0 saturated carbocycles. The van der Waals surface area contributed by atoms with E-state index >= 15 is 0 Å². The summed E-state index contributed by atoms with van der Waals surface area (Å²) in [5.41, 5.74) is 2.62. The number of anilines is 2. The Hall–Kier alpha value is -3.70. The van der Waals surface area contributed by atoms with Crippen molar-refractivity contribution in [3.8, 4) is 11.8 Å². The molecule has 2 fully saturated rings. The van der Waals surface area contributed by atoms with Crippen LogP contribution in [0.3, 0.4) is 0 Å². The number of hydrogen-bond acceptors (Lipinski definition) is 9. The molecule has 2 saturated heterocycles. The van der Waals surface area contributed by atoms with Gasteiger partial charge in [-0.15, -0.1) is 0 Å². The zero-order chi connectivity index (χ0) is 24.5. The van der Waals surface area contributed by atoms with Crippen LogP contribution in [0.25, 0.3) is 0 Å². The maximum absolute atomic E-state index is 12.8. The van der Waals surface area contributed by atoms with Crippen LogP contribution < -0.4 is 19.9 Å². The van der Waals surface area contributed by atoms with Gasteiger partial charge in [-0.05, 0) is 46.8 Å². The summed E-state index contributed by atoms with van der Waals surface area (Å²) in [6.45, 7) is 0.689. The van der Waals surface area contributed by atoms with Crippen molar-refractivity contribution in [2.24, 2.45) is 0 Å². The Morgan fingerprint density at radius 1 is 1.00 bits per heavy atom. The molecule has 3 heterocycles. The lowest BCUT2D eigenvalue weighted by Gasteiger charge is -2.18. The Morgan fingerprint density at radius 2 is 1.74 bits per heavy atom. The van der Waals surface area contributed by atoms with Crippen molar-refractivity contribution in [3.05, 3.63) is 54.1 Å². The minimum atomic E-state index is -0.310. The van der Waals surface area contributed by atoms with E-state index in [2.05, 4.69) is 20.8 Å². The highest BCUT2D eigenvalue weighted by atomic mass is 16.6. The monoisotopic (exact) mass is 479 g/mol. The Labute approximate surface area is 203 Å². The minimum absolute atomic E-state index is 0.163. The number of ether oxygens (including phenoxy) is 3. The average molecular weight is 480 g/mol. The number of fused-ring (bicyclic) bond motifs is 1. The van der Waals surface area contributed by atoms with Gasteiger partial charge >= 0.3 is 6.01 Å². The van der Waals surface area contributed by atoms with E-state index in [1.165, 1.54) is 0 Å². The van der Waals surface area contributed by atoms with Crippen LogP contribution in [-0.4, -0.2) is 85.8 Å². The highest BCUT2D eigenvalue weighted by molar-refractivity contribution is 5.94.